The standard InChI is InChI=1S/C9H14ClN3S/c10-8-6-14-9(13-8)12-5-3-7-2-1-4-11-7/h6-7,11H,1-5H2,(H,12,13). The molecule has 1 aliphatic heterocycles. The van der Waals surface area contributed by atoms with Crippen LogP contribution in [0.25, 0.3) is 0 Å². The summed E-state index contributed by atoms with van der Waals surface area (Å²) in [4.78, 5) is 4.13. The molecule has 0 aromatic carbocycles. The number of nitrogens with one attached hydrogen (secondary N) is 2. The fraction of sp³-hybridized carbons (Fsp3) is 0.667. The lowest BCUT2D eigenvalue weighted by atomic mass is 10.2. The van der Waals surface area contributed by atoms with E-state index in [2.05, 4.69) is 15.6 Å². The molecule has 0 spiro atoms. The number of hydrogen-bond donors (Lipinski definition) is 2. The molecule has 14 heavy (non-hydrogen) atoms. The van der Waals surface area contributed by atoms with E-state index in [9.17, 15) is 0 Å². The van der Waals surface area contributed by atoms with Crippen molar-refractivity contribution in [3.8, 4) is 0 Å². The van der Waals surface area contributed by atoms with Crippen molar-refractivity contribution in [2.24, 2.45) is 0 Å². The zero-order valence-corrected chi connectivity index (χ0v) is 9.50. The van der Waals surface area contributed by atoms with Crippen LogP contribution in [-0.4, -0.2) is 24.1 Å². The third kappa shape index (κ3) is 2.83. The molecular formula is C9H14ClN3S. The van der Waals surface area contributed by atoms with Gasteiger partial charge in [0.25, 0.3) is 0 Å². The molecule has 1 fully saturated rings. The van der Waals surface area contributed by atoms with Crippen LogP contribution in [0, 0.1) is 0 Å². The smallest absolute Gasteiger partial charge is 0.184 e. The lowest BCUT2D eigenvalue weighted by Crippen LogP contribution is -2.23. The normalized spacial score (nSPS) is 21.4. The highest BCUT2D eigenvalue weighted by atomic mass is 35.5. The Morgan fingerprint density at radius 1 is 1.71 bits per heavy atom. The minimum absolute atomic E-state index is 0.580. The van der Waals surface area contributed by atoms with Crippen LogP contribution in [0.3, 0.4) is 0 Å². The molecule has 1 aromatic heterocycles. The average Bonchev–Trinajstić information content (AvgIpc) is 2.77. The van der Waals surface area contributed by atoms with E-state index >= 15 is 0 Å². The average molecular weight is 232 g/mol. The number of anilines is 1. The van der Waals surface area contributed by atoms with Crippen molar-refractivity contribution in [1.82, 2.24) is 10.3 Å². The Hall–Kier alpha value is -0.320. The largest absolute Gasteiger partial charge is 0.361 e. The summed E-state index contributed by atoms with van der Waals surface area (Å²) in [5, 5.41) is 10.1. The monoisotopic (exact) mass is 231 g/mol. The van der Waals surface area contributed by atoms with Crippen LogP contribution >= 0.6 is 22.9 Å². The van der Waals surface area contributed by atoms with Gasteiger partial charge in [-0.3, -0.25) is 0 Å². The Labute approximate surface area is 92.9 Å². The minimum Gasteiger partial charge on any atom is -0.361 e. The third-order valence-electron chi connectivity index (χ3n) is 2.41. The molecule has 5 heteroatoms. The highest BCUT2D eigenvalue weighted by Gasteiger charge is 2.12. The first-order valence-corrected chi connectivity index (χ1v) is 6.18. The number of hydrogen-bond acceptors (Lipinski definition) is 4. The van der Waals surface area contributed by atoms with E-state index in [0.717, 1.165) is 18.1 Å². The summed E-state index contributed by atoms with van der Waals surface area (Å²) >= 11 is 7.27. The SMILES string of the molecule is Clc1csc(NCCC2CCCN2)n1. The van der Waals surface area contributed by atoms with Crippen LogP contribution in [0.1, 0.15) is 19.3 Å². The Kier molecular flexibility index (Phi) is 3.61. The van der Waals surface area contributed by atoms with E-state index in [4.69, 9.17) is 11.6 Å². The lowest BCUT2D eigenvalue weighted by Gasteiger charge is -2.09. The molecule has 0 saturated carbocycles. The first-order valence-electron chi connectivity index (χ1n) is 4.93. The Bertz CT molecular complexity index is 283. The van der Waals surface area contributed by atoms with E-state index in [1.807, 2.05) is 5.38 Å². The summed E-state index contributed by atoms with van der Waals surface area (Å²) in [5.74, 6) is 0. The third-order valence-corrected chi connectivity index (χ3v) is 3.53. The molecule has 2 heterocycles. The first-order chi connectivity index (χ1) is 6.84. The van der Waals surface area contributed by atoms with Gasteiger partial charge in [0.1, 0.15) is 5.15 Å². The summed E-state index contributed by atoms with van der Waals surface area (Å²) in [5.41, 5.74) is 0. The molecule has 0 aliphatic carbocycles. The zero-order chi connectivity index (χ0) is 9.80. The zero-order valence-electron chi connectivity index (χ0n) is 7.92. The summed E-state index contributed by atoms with van der Waals surface area (Å²) in [6.45, 7) is 2.15. The van der Waals surface area contributed by atoms with Gasteiger partial charge in [0.05, 0.1) is 0 Å². The number of rotatable bonds is 4. The van der Waals surface area contributed by atoms with Crippen LogP contribution < -0.4 is 10.6 Å². The highest BCUT2D eigenvalue weighted by molar-refractivity contribution is 7.14. The van der Waals surface area contributed by atoms with Crippen molar-refractivity contribution < 1.29 is 0 Å². The fourth-order valence-corrected chi connectivity index (χ4v) is 2.56. The molecule has 78 valence electrons. The highest BCUT2D eigenvalue weighted by Crippen LogP contribution is 2.19. The van der Waals surface area contributed by atoms with E-state index in [1.54, 1.807) is 11.3 Å². The number of aromatic nitrogens is 1. The van der Waals surface area contributed by atoms with Crippen LogP contribution in [0.15, 0.2) is 5.38 Å². The van der Waals surface area contributed by atoms with E-state index in [0.29, 0.717) is 11.2 Å². The van der Waals surface area contributed by atoms with E-state index < -0.39 is 0 Å². The maximum absolute atomic E-state index is 5.71. The van der Waals surface area contributed by atoms with Crippen LogP contribution in [0.2, 0.25) is 5.15 Å². The van der Waals surface area contributed by atoms with Gasteiger partial charge in [-0.25, -0.2) is 4.98 Å². The summed E-state index contributed by atoms with van der Waals surface area (Å²) < 4.78 is 0. The van der Waals surface area contributed by atoms with Crippen molar-refractivity contribution >= 4 is 28.1 Å². The summed E-state index contributed by atoms with van der Waals surface area (Å²) in [7, 11) is 0. The summed E-state index contributed by atoms with van der Waals surface area (Å²) in [6, 6.07) is 0.693. The quantitative estimate of drug-likeness (QED) is 0.836. The van der Waals surface area contributed by atoms with Gasteiger partial charge < -0.3 is 10.6 Å². The summed E-state index contributed by atoms with van der Waals surface area (Å²) in [6.07, 6.45) is 3.78. The Morgan fingerprint density at radius 3 is 3.29 bits per heavy atom. The molecule has 1 saturated heterocycles. The van der Waals surface area contributed by atoms with Gasteiger partial charge >= 0.3 is 0 Å². The van der Waals surface area contributed by atoms with Gasteiger partial charge in [0.2, 0.25) is 0 Å². The fourth-order valence-electron chi connectivity index (χ4n) is 1.69. The molecule has 3 nitrogen and oxygen atoms in total. The van der Waals surface area contributed by atoms with E-state index in [-0.39, 0.29) is 0 Å². The van der Waals surface area contributed by atoms with Gasteiger partial charge in [-0.15, -0.1) is 11.3 Å². The van der Waals surface area contributed by atoms with Crippen LogP contribution in [-0.2, 0) is 0 Å². The van der Waals surface area contributed by atoms with Crippen molar-refractivity contribution in [2.75, 3.05) is 18.4 Å². The van der Waals surface area contributed by atoms with Crippen molar-refractivity contribution in [3.63, 3.8) is 0 Å². The van der Waals surface area contributed by atoms with Gasteiger partial charge in [0.15, 0.2) is 5.13 Å². The second-order valence-corrected chi connectivity index (χ2v) is 4.73. The number of halogens is 1. The minimum atomic E-state index is 0.580. The number of nitrogens with zero attached hydrogens (tertiary/aromatic N) is 1. The molecule has 1 atom stereocenters. The van der Waals surface area contributed by atoms with Gasteiger partial charge in [0, 0.05) is 18.0 Å². The lowest BCUT2D eigenvalue weighted by molar-refractivity contribution is 0.574. The van der Waals surface area contributed by atoms with Crippen LogP contribution in [0.5, 0.6) is 0 Å². The van der Waals surface area contributed by atoms with Crippen molar-refractivity contribution in [1.29, 1.82) is 0 Å². The van der Waals surface area contributed by atoms with Crippen LogP contribution in [0.4, 0.5) is 5.13 Å². The van der Waals surface area contributed by atoms with Gasteiger partial charge in [-0.1, -0.05) is 11.6 Å². The van der Waals surface area contributed by atoms with Gasteiger partial charge in [-0.05, 0) is 25.8 Å². The van der Waals surface area contributed by atoms with Gasteiger partial charge in [-0.2, -0.15) is 0 Å². The Balaban J connectivity index is 1.67. The maximum atomic E-state index is 5.71. The van der Waals surface area contributed by atoms with Crippen molar-refractivity contribution in [2.45, 2.75) is 25.3 Å². The molecule has 2 rings (SSSR count). The second kappa shape index (κ2) is 4.96. The molecule has 1 aliphatic rings. The second-order valence-electron chi connectivity index (χ2n) is 3.48. The Morgan fingerprint density at radius 2 is 2.64 bits per heavy atom. The molecule has 0 radical (unpaired) electrons. The first kappa shape index (κ1) is 10.2. The van der Waals surface area contributed by atoms with Crippen molar-refractivity contribution in [3.05, 3.63) is 10.5 Å². The number of thiazole rings is 1. The molecule has 2 N–H and O–H groups in total. The molecule has 0 bridgehead atoms. The molecular weight excluding hydrogens is 218 g/mol. The topological polar surface area (TPSA) is 37.0 Å². The maximum Gasteiger partial charge on any atom is 0.184 e. The predicted molar refractivity (Wildman–Crippen MR) is 61.3 cm³/mol. The molecule has 1 aromatic rings. The molecule has 1 unspecified atom stereocenters. The van der Waals surface area contributed by atoms with E-state index in [1.165, 1.54) is 19.4 Å². The predicted octanol–water partition coefficient (Wildman–Crippen LogP) is 2.35. The molecule has 0 amide bonds.